The van der Waals surface area contributed by atoms with E-state index in [4.69, 9.17) is 0 Å². The van der Waals surface area contributed by atoms with Crippen LogP contribution in [0.5, 0.6) is 0 Å². The van der Waals surface area contributed by atoms with Crippen molar-refractivity contribution in [2.45, 2.75) is 32.4 Å². The molecule has 0 radical (unpaired) electrons. The van der Waals surface area contributed by atoms with Crippen molar-refractivity contribution in [2.75, 3.05) is 25.0 Å². The van der Waals surface area contributed by atoms with Crippen molar-refractivity contribution in [3.8, 4) is 0 Å². The van der Waals surface area contributed by atoms with E-state index in [1.54, 1.807) is 29.2 Å². The first kappa shape index (κ1) is 16.5. The van der Waals surface area contributed by atoms with Crippen molar-refractivity contribution < 1.29 is 14.7 Å². The quantitative estimate of drug-likeness (QED) is 0.752. The Morgan fingerprint density at radius 1 is 1.27 bits per heavy atom. The number of carbonyl (C=O) groups excluding carboxylic acids is 2. The van der Waals surface area contributed by atoms with Crippen molar-refractivity contribution in [2.24, 2.45) is 0 Å². The molecule has 1 aromatic carbocycles. The number of hydrogen-bond donors (Lipinski definition) is 3. The molecule has 2 atom stereocenters. The average molecular weight is 305 g/mol. The van der Waals surface area contributed by atoms with Crippen molar-refractivity contribution >= 4 is 17.5 Å². The Morgan fingerprint density at radius 2 is 1.91 bits per heavy atom. The van der Waals surface area contributed by atoms with E-state index >= 15 is 0 Å². The maximum absolute atomic E-state index is 12.2. The number of β-amino-alcohol motifs (C(OH)–C–C–N with tert-alkyl or cyclic N) is 1. The molecule has 0 aliphatic carbocycles. The van der Waals surface area contributed by atoms with Gasteiger partial charge in [-0.05, 0) is 44.5 Å². The fourth-order valence-corrected chi connectivity index (χ4v) is 2.54. The molecule has 120 valence electrons. The molecular weight excluding hydrogens is 282 g/mol. The Balaban J connectivity index is 1.97. The van der Waals surface area contributed by atoms with Gasteiger partial charge in [0.15, 0.2) is 0 Å². The van der Waals surface area contributed by atoms with Crippen LogP contribution in [0.4, 0.5) is 5.69 Å². The third kappa shape index (κ3) is 3.84. The summed E-state index contributed by atoms with van der Waals surface area (Å²) >= 11 is 0. The monoisotopic (exact) mass is 305 g/mol. The minimum absolute atomic E-state index is 0.0107. The number of anilines is 1. The Labute approximate surface area is 130 Å². The summed E-state index contributed by atoms with van der Waals surface area (Å²) in [7, 11) is 0. The SMILES string of the molecule is CCN(CC)C(=O)c1ccc(NC(=O)C2CC(O)CN2)cc1. The van der Waals surface area contributed by atoms with Gasteiger partial charge in [-0.2, -0.15) is 0 Å². The van der Waals surface area contributed by atoms with Crippen molar-refractivity contribution in [1.29, 1.82) is 0 Å². The van der Waals surface area contributed by atoms with Crippen LogP contribution in [0.2, 0.25) is 0 Å². The summed E-state index contributed by atoms with van der Waals surface area (Å²) in [5.74, 6) is -0.178. The van der Waals surface area contributed by atoms with E-state index in [-0.39, 0.29) is 17.9 Å². The first-order valence-corrected chi connectivity index (χ1v) is 7.66. The lowest BCUT2D eigenvalue weighted by molar-refractivity contribution is -0.117. The topological polar surface area (TPSA) is 81.7 Å². The van der Waals surface area contributed by atoms with Crippen molar-refractivity contribution in [3.05, 3.63) is 29.8 Å². The van der Waals surface area contributed by atoms with Gasteiger partial charge < -0.3 is 20.6 Å². The average Bonchev–Trinajstić information content (AvgIpc) is 2.96. The number of amides is 2. The largest absolute Gasteiger partial charge is 0.392 e. The predicted octanol–water partition coefficient (Wildman–Crippen LogP) is 0.830. The normalized spacial score (nSPS) is 20.7. The highest BCUT2D eigenvalue weighted by atomic mass is 16.3. The Kier molecular flexibility index (Phi) is 5.51. The lowest BCUT2D eigenvalue weighted by atomic mass is 10.1. The zero-order chi connectivity index (χ0) is 16.1. The Morgan fingerprint density at radius 3 is 2.41 bits per heavy atom. The van der Waals surface area contributed by atoms with Crippen LogP contribution in [-0.2, 0) is 4.79 Å². The number of hydrogen-bond acceptors (Lipinski definition) is 4. The van der Waals surface area contributed by atoms with Gasteiger partial charge >= 0.3 is 0 Å². The number of benzene rings is 1. The molecule has 1 heterocycles. The van der Waals surface area contributed by atoms with Crippen molar-refractivity contribution in [1.82, 2.24) is 10.2 Å². The van der Waals surface area contributed by atoms with Gasteiger partial charge in [-0.15, -0.1) is 0 Å². The van der Waals surface area contributed by atoms with Crippen LogP contribution in [0.15, 0.2) is 24.3 Å². The molecule has 22 heavy (non-hydrogen) atoms. The van der Waals surface area contributed by atoms with Crippen LogP contribution in [0.3, 0.4) is 0 Å². The molecular formula is C16H23N3O3. The third-order valence-electron chi connectivity index (χ3n) is 3.87. The van der Waals surface area contributed by atoms with E-state index in [2.05, 4.69) is 10.6 Å². The zero-order valence-electron chi connectivity index (χ0n) is 13.0. The molecule has 2 amide bonds. The zero-order valence-corrected chi connectivity index (χ0v) is 13.0. The van der Waals surface area contributed by atoms with Gasteiger partial charge in [0, 0.05) is 30.9 Å². The van der Waals surface area contributed by atoms with E-state index in [0.29, 0.717) is 37.3 Å². The van der Waals surface area contributed by atoms with Crippen LogP contribution >= 0.6 is 0 Å². The summed E-state index contributed by atoms with van der Waals surface area (Å²) in [5, 5.41) is 15.2. The molecule has 6 heteroatoms. The van der Waals surface area contributed by atoms with Crippen LogP contribution in [-0.4, -0.2) is 53.6 Å². The van der Waals surface area contributed by atoms with Crippen LogP contribution in [0.25, 0.3) is 0 Å². The predicted molar refractivity (Wildman–Crippen MR) is 84.7 cm³/mol. The lowest BCUT2D eigenvalue weighted by Crippen LogP contribution is -2.35. The van der Waals surface area contributed by atoms with Gasteiger partial charge in [0.2, 0.25) is 5.91 Å². The number of nitrogens with one attached hydrogen (secondary N) is 2. The highest BCUT2D eigenvalue weighted by Crippen LogP contribution is 2.14. The molecule has 0 bridgehead atoms. The molecule has 1 fully saturated rings. The van der Waals surface area contributed by atoms with Crippen LogP contribution in [0, 0.1) is 0 Å². The third-order valence-corrected chi connectivity index (χ3v) is 3.87. The maximum atomic E-state index is 12.2. The maximum Gasteiger partial charge on any atom is 0.253 e. The van der Waals surface area contributed by atoms with Crippen LogP contribution < -0.4 is 10.6 Å². The van der Waals surface area contributed by atoms with Gasteiger partial charge in [0.05, 0.1) is 12.1 Å². The van der Waals surface area contributed by atoms with Crippen molar-refractivity contribution in [3.63, 3.8) is 0 Å². The first-order chi connectivity index (χ1) is 10.5. The van der Waals surface area contributed by atoms with Gasteiger partial charge in [0.1, 0.15) is 0 Å². The molecule has 0 aromatic heterocycles. The number of rotatable bonds is 5. The minimum atomic E-state index is -0.468. The van der Waals surface area contributed by atoms with E-state index < -0.39 is 6.10 Å². The van der Waals surface area contributed by atoms with E-state index in [9.17, 15) is 14.7 Å². The van der Waals surface area contributed by atoms with E-state index in [1.807, 2.05) is 13.8 Å². The highest BCUT2D eigenvalue weighted by Gasteiger charge is 2.27. The summed E-state index contributed by atoms with van der Waals surface area (Å²) in [6.45, 7) is 5.67. The summed E-state index contributed by atoms with van der Waals surface area (Å²) in [5.41, 5.74) is 1.25. The number of aliphatic hydroxyl groups is 1. The lowest BCUT2D eigenvalue weighted by Gasteiger charge is -2.18. The molecule has 2 unspecified atom stereocenters. The van der Waals surface area contributed by atoms with Crippen LogP contribution in [0.1, 0.15) is 30.6 Å². The fourth-order valence-electron chi connectivity index (χ4n) is 2.54. The van der Waals surface area contributed by atoms with Gasteiger partial charge in [0.25, 0.3) is 5.91 Å². The molecule has 2 rings (SSSR count). The summed E-state index contributed by atoms with van der Waals surface area (Å²) in [6, 6.07) is 6.51. The molecule has 1 saturated heterocycles. The Bertz CT molecular complexity index is 526. The second-order valence-corrected chi connectivity index (χ2v) is 5.39. The second kappa shape index (κ2) is 7.38. The second-order valence-electron chi connectivity index (χ2n) is 5.39. The Hall–Kier alpha value is -1.92. The van der Waals surface area contributed by atoms with E-state index in [1.165, 1.54) is 0 Å². The molecule has 3 N–H and O–H groups in total. The summed E-state index contributed by atoms with van der Waals surface area (Å²) < 4.78 is 0. The van der Waals surface area contributed by atoms with Gasteiger partial charge in [-0.25, -0.2) is 0 Å². The fraction of sp³-hybridized carbons (Fsp3) is 0.500. The standard InChI is InChI=1S/C16H23N3O3/c1-3-19(4-2)16(22)11-5-7-12(8-6-11)18-15(21)14-9-13(20)10-17-14/h5-8,13-14,17,20H,3-4,9-10H2,1-2H3,(H,18,21). The molecule has 1 aliphatic rings. The number of aliphatic hydroxyl groups excluding tert-OH is 1. The minimum Gasteiger partial charge on any atom is -0.392 e. The smallest absolute Gasteiger partial charge is 0.253 e. The highest BCUT2D eigenvalue weighted by molar-refractivity contribution is 5.97. The summed E-state index contributed by atoms with van der Waals surface area (Å²) in [4.78, 5) is 26.0. The summed E-state index contributed by atoms with van der Waals surface area (Å²) in [6.07, 6.45) is -0.0468. The van der Waals surface area contributed by atoms with Gasteiger partial charge in [-0.3, -0.25) is 9.59 Å². The molecule has 0 spiro atoms. The molecule has 1 aromatic rings. The molecule has 1 aliphatic heterocycles. The molecule has 0 saturated carbocycles. The number of carbonyl (C=O) groups is 2. The van der Waals surface area contributed by atoms with Gasteiger partial charge in [-0.1, -0.05) is 0 Å². The first-order valence-electron chi connectivity index (χ1n) is 7.66. The van der Waals surface area contributed by atoms with E-state index in [0.717, 1.165) is 0 Å². The molecule has 6 nitrogen and oxygen atoms in total. The number of nitrogens with zero attached hydrogens (tertiary/aromatic N) is 1.